The first-order valence-corrected chi connectivity index (χ1v) is 8.03. The van der Waals surface area contributed by atoms with Gasteiger partial charge in [-0.3, -0.25) is 4.90 Å². The molecule has 0 heterocycles. The van der Waals surface area contributed by atoms with Crippen LogP contribution < -0.4 is 0 Å². The molecule has 2 nitrogen and oxygen atoms in total. The fourth-order valence-corrected chi connectivity index (χ4v) is 2.79. The van der Waals surface area contributed by atoms with Gasteiger partial charge in [-0.2, -0.15) is 0 Å². The minimum Gasteiger partial charge on any atom is -0.305 e. The second-order valence-electron chi connectivity index (χ2n) is 5.65. The second kappa shape index (κ2) is 10.8. The lowest BCUT2D eigenvalue weighted by Crippen LogP contribution is -2.43. The summed E-state index contributed by atoms with van der Waals surface area (Å²) in [7, 11) is 2.22. The molecule has 0 fully saturated rings. The third-order valence-corrected chi connectivity index (χ3v) is 4.17. The highest BCUT2D eigenvalue weighted by atomic mass is 15.2. The molecule has 0 aliphatic rings. The van der Waals surface area contributed by atoms with E-state index in [1.165, 1.54) is 45.3 Å². The van der Waals surface area contributed by atoms with Crippen molar-refractivity contribution in [2.75, 3.05) is 33.2 Å². The Hall–Kier alpha value is -0.0800. The molecule has 0 spiro atoms. The fourth-order valence-electron chi connectivity index (χ4n) is 2.79. The van der Waals surface area contributed by atoms with Crippen LogP contribution in [-0.4, -0.2) is 49.1 Å². The molecule has 0 saturated carbocycles. The highest BCUT2D eigenvalue weighted by Crippen LogP contribution is 2.20. The normalized spacial score (nSPS) is 15.3. The molecule has 0 radical (unpaired) electrons. The number of rotatable bonds is 11. The van der Waals surface area contributed by atoms with Gasteiger partial charge in [-0.25, -0.2) is 0 Å². The second-order valence-corrected chi connectivity index (χ2v) is 5.65. The van der Waals surface area contributed by atoms with Crippen molar-refractivity contribution in [3.05, 3.63) is 0 Å². The average Bonchev–Trinajstić information content (AvgIpc) is 2.37. The van der Waals surface area contributed by atoms with Gasteiger partial charge < -0.3 is 4.90 Å². The van der Waals surface area contributed by atoms with Crippen LogP contribution in [0.5, 0.6) is 0 Å². The summed E-state index contributed by atoms with van der Waals surface area (Å²) in [5.41, 5.74) is 0. The Labute approximate surface area is 116 Å². The first-order chi connectivity index (χ1) is 8.60. The Bertz CT molecular complexity index is 182. The molecule has 2 unspecified atom stereocenters. The average molecular weight is 256 g/mol. The summed E-state index contributed by atoms with van der Waals surface area (Å²) in [4.78, 5) is 5.12. The standard InChI is InChI=1S/C16H36N2/c1-7-11-15(5)16(12-8-2)18(10-4)14-13-17(6)9-3/h15-16H,7-14H2,1-6H3. The van der Waals surface area contributed by atoms with E-state index in [1.807, 2.05) is 0 Å². The van der Waals surface area contributed by atoms with E-state index in [0.717, 1.165) is 18.5 Å². The maximum Gasteiger partial charge on any atom is 0.0121 e. The predicted octanol–water partition coefficient (Wildman–Crippen LogP) is 3.86. The molecule has 0 rings (SSSR count). The molecule has 0 aliphatic heterocycles. The van der Waals surface area contributed by atoms with Gasteiger partial charge in [0.05, 0.1) is 0 Å². The van der Waals surface area contributed by atoms with Crippen LogP contribution >= 0.6 is 0 Å². The van der Waals surface area contributed by atoms with Crippen molar-refractivity contribution in [2.45, 2.75) is 66.3 Å². The minimum atomic E-state index is 0.783. The van der Waals surface area contributed by atoms with Gasteiger partial charge in [0.2, 0.25) is 0 Å². The SMILES string of the molecule is CCCC(C)C(CCC)N(CC)CCN(C)CC. The molecule has 2 heteroatoms. The largest absolute Gasteiger partial charge is 0.305 e. The van der Waals surface area contributed by atoms with E-state index in [0.29, 0.717) is 0 Å². The van der Waals surface area contributed by atoms with Gasteiger partial charge in [0.15, 0.2) is 0 Å². The molecule has 0 aromatic carbocycles. The zero-order valence-corrected chi connectivity index (χ0v) is 13.7. The van der Waals surface area contributed by atoms with Gasteiger partial charge in [0.25, 0.3) is 0 Å². The van der Waals surface area contributed by atoms with Crippen molar-refractivity contribution in [1.29, 1.82) is 0 Å². The summed E-state index contributed by atoms with van der Waals surface area (Å²) < 4.78 is 0. The maximum atomic E-state index is 2.70. The molecule has 0 aromatic heterocycles. The molecule has 0 aliphatic carbocycles. The maximum absolute atomic E-state index is 2.70. The van der Waals surface area contributed by atoms with Crippen molar-refractivity contribution in [3.8, 4) is 0 Å². The molecule has 0 amide bonds. The van der Waals surface area contributed by atoms with Crippen LogP contribution in [0.3, 0.4) is 0 Å². The van der Waals surface area contributed by atoms with E-state index in [2.05, 4.69) is 51.5 Å². The highest BCUT2D eigenvalue weighted by Gasteiger charge is 2.21. The molecule has 0 saturated heterocycles. The van der Waals surface area contributed by atoms with Crippen molar-refractivity contribution >= 4 is 0 Å². The summed E-state index contributed by atoms with van der Waals surface area (Å²) in [5.74, 6) is 0.835. The fraction of sp³-hybridized carbons (Fsp3) is 1.00. The summed E-state index contributed by atoms with van der Waals surface area (Å²) in [5, 5.41) is 0. The summed E-state index contributed by atoms with van der Waals surface area (Å²) in [6.45, 7) is 16.4. The number of nitrogens with zero attached hydrogens (tertiary/aromatic N) is 2. The Kier molecular flexibility index (Phi) is 10.8. The highest BCUT2D eigenvalue weighted by molar-refractivity contribution is 4.76. The Morgan fingerprint density at radius 3 is 1.89 bits per heavy atom. The summed E-state index contributed by atoms with van der Waals surface area (Å²) in [6.07, 6.45) is 5.34. The molecular weight excluding hydrogens is 220 g/mol. The molecule has 110 valence electrons. The molecular formula is C16H36N2. The van der Waals surface area contributed by atoms with Gasteiger partial charge >= 0.3 is 0 Å². The molecule has 0 bridgehead atoms. The first kappa shape index (κ1) is 17.9. The lowest BCUT2D eigenvalue weighted by molar-refractivity contribution is 0.126. The third-order valence-electron chi connectivity index (χ3n) is 4.17. The van der Waals surface area contributed by atoms with Gasteiger partial charge in [0, 0.05) is 19.1 Å². The van der Waals surface area contributed by atoms with E-state index >= 15 is 0 Å². The van der Waals surface area contributed by atoms with E-state index < -0.39 is 0 Å². The smallest absolute Gasteiger partial charge is 0.0121 e. The van der Waals surface area contributed by atoms with Gasteiger partial charge in [-0.15, -0.1) is 0 Å². The van der Waals surface area contributed by atoms with E-state index in [9.17, 15) is 0 Å². The van der Waals surface area contributed by atoms with Gasteiger partial charge in [0.1, 0.15) is 0 Å². The Morgan fingerprint density at radius 2 is 1.44 bits per heavy atom. The van der Waals surface area contributed by atoms with Crippen molar-refractivity contribution in [1.82, 2.24) is 9.80 Å². The van der Waals surface area contributed by atoms with E-state index in [1.54, 1.807) is 0 Å². The van der Waals surface area contributed by atoms with E-state index in [-0.39, 0.29) is 0 Å². The quantitative estimate of drug-likeness (QED) is 0.554. The van der Waals surface area contributed by atoms with Crippen molar-refractivity contribution < 1.29 is 0 Å². The van der Waals surface area contributed by atoms with E-state index in [4.69, 9.17) is 0 Å². The van der Waals surface area contributed by atoms with Crippen molar-refractivity contribution in [2.24, 2.45) is 5.92 Å². The zero-order valence-electron chi connectivity index (χ0n) is 13.7. The van der Waals surface area contributed by atoms with Crippen LogP contribution in [0.15, 0.2) is 0 Å². The number of hydrogen-bond acceptors (Lipinski definition) is 2. The topological polar surface area (TPSA) is 6.48 Å². The molecule has 18 heavy (non-hydrogen) atoms. The van der Waals surface area contributed by atoms with Gasteiger partial charge in [-0.05, 0) is 38.9 Å². The predicted molar refractivity (Wildman–Crippen MR) is 83.2 cm³/mol. The van der Waals surface area contributed by atoms with Crippen LogP contribution in [0.1, 0.15) is 60.3 Å². The molecule has 0 N–H and O–H groups in total. The van der Waals surface area contributed by atoms with Gasteiger partial charge in [-0.1, -0.05) is 47.5 Å². The first-order valence-electron chi connectivity index (χ1n) is 8.03. The van der Waals surface area contributed by atoms with Crippen LogP contribution in [0.25, 0.3) is 0 Å². The van der Waals surface area contributed by atoms with Crippen molar-refractivity contribution in [3.63, 3.8) is 0 Å². The molecule has 2 atom stereocenters. The summed E-state index contributed by atoms with van der Waals surface area (Å²) >= 11 is 0. The molecule has 0 aromatic rings. The minimum absolute atomic E-state index is 0.783. The lowest BCUT2D eigenvalue weighted by atomic mass is 9.92. The Morgan fingerprint density at radius 1 is 0.833 bits per heavy atom. The number of likely N-dealkylation sites (N-methyl/N-ethyl adjacent to an activating group) is 2. The van der Waals surface area contributed by atoms with Crippen LogP contribution in [-0.2, 0) is 0 Å². The third kappa shape index (κ3) is 6.75. The monoisotopic (exact) mass is 256 g/mol. The van der Waals surface area contributed by atoms with Crippen LogP contribution in [0.2, 0.25) is 0 Å². The summed E-state index contributed by atoms with van der Waals surface area (Å²) in [6, 6.07) is 0.783. The van der Waals surface area contributed by atoms with Crippen LogP contribution in [0, 0.1) is 5.92 Å². The zero-order chi connectivity index (χ0) is 14.0. The Balaban J connectivity index is 4.40. The number of hydrogen-bond donors (Lipinski definition) is 0. The van der Waals surface area contributed by atoms with Crippen LogP contribution in [0.4, 0.5) is 0 Å². The lowest BCUT2D eigenvalue weighted by Gasteiger charge is -2.36.